The second-order valence-electron chi connectivity index (χ2n) is 7.01. The molecule has 1 amide bonds. The molecule has 0 radical (unpaired) electrons. The van der Waals surface area contributed by atoms with Crippen molar-refractivity contribution < 1.29 is 9.53 Å². The summed E-state index contributed by atoms with van der Waals surface area (Å²) >= 11 is 1.62. The highest BCUT2D eigenvalue weighted by molar-refractivity contribution is 7.13. The van der Waals surface area contributed by atoms with Crippen LogP contribution in [-0.4, -0.2) is 42.6 Å². The maximum Gasteiger partial charge on any atom is 0.238 e. The molecule has 0 saturated heterocycles. The lowest BCUT2D eigenvalue weighted by atomic mass is 10.1. The molecule has 1 heterocycles. The number of rotatable bonds is 9. The number of hydrogen-bond acceptors (Lipinski definition) is 5. The predicted octanol–water partition coefficient (Wildman–Crippen LogP) is 4.51. The molecule has 0 spiro atoms. The van der Waals surface area contributed by atoms with Gasteiger partial charge in [-0.2, -0.15) is 0 Å². The summed E-state index contributed by atoms with van der Waals surface area (Å²) in [4.78, 5) is 19.5. The van der Waals surface area contributed by atoms with Gasteiger partial charge in [-0.3, -0.25) is 9.69 Å². The molecule has 152 valence electrons. The Bertz CT molecular complexity index is 940. The van der Waals surface area contributed by atoms with Gasteiger partial charge in [0.25, 0.3) is 0 Å². The van der Waals surface area contributed by atoms with Crippen molar-refractivity contribution >= 4 is 22.9 Å². The SMILES string of the molecule is COCCN(CC(=O)Nc1cccc(C)c1C)Cc1csc(-c2ccccc2)n1. The Hall–Kier alpha value is -2.54. The van der Waals surface area contributed by atoms with Crippen LogP contribution in [0.3, 0.4) is 0 Å². The van der Waals surface area contributed by atoms with Crippen molar-refractivity contribution in [3.05, 3.63) is 70.7 Å². The van der Waals surface area contributed by atoms with Crippen LogP contribution in [0.25, 0.3) is 10.6 Å². The van der Waals surface area contributed by atoms with Gasteiger partial charge in [0.2, 0.25) is 5.91 Å². The number of aromatic nitrogens is 1. The van der Waals surface area contributed by atoms with Gasteiger partial charge in [-0.15, -0.1) is 11.3 Å². The zero-order valence-electron chi connectivity index (χ0n) is 17.1. The van der Waals surface area contributed by atoms with E-state index < -0.39 is 0 Å². The number of anilines is 1. The largest absolute Gasteiger partial charge is 0.383 e. The maximum absolute atomic E-state index is 12.7. The van der Waals surface area contributed by atoms with E-state index in [1.54, 1.807) is 18.4 Å². The molecule has 1 N–H and O–H groups in total. The number of amides is 1. The van der Waals surface area contributed by atoms with E-state index >= 15 is 0 Å². The molecule has 3 aromatic rings. The minimum absolute atomic E-state index is 0.0340. The molecule has 29 heavy (non-hydrogen) atoms. The van der Waals surface area contributed by atoms with Crippen molar-refractivity contribution in [3.63, 3.8) is 0 Å². The molecule has 3 rings (SSSR count). The van der Waals surface area contributed by atoms with Crippen LogP contribution < -0.4 is 5.32 Å². The highest BCUT2D eigenvalue weighted by Gasteiger charge is 2.15. The van der Waals surface area contributed by atoms with E-state index in [9.17, 15) is 4.79 Å². The summed E-state index contributed by atoms with van der Waals surface area (Å²) in [6, 6.07) is 16.1. The van der Waals surface area contributed by atoms with Gasteiger partial charge in [-0.05, 0) is 31.0 Å². The number of carbonyl (C=O) groups is 1. The fourth-order valence-electron chi connectivity index (χ4n) is 3.04. The number of nitrogens with zero attached hydrogens (tertiary/aromatic N) is 2. The molecule has 6 heteroatoms. The lowest BCUT2D eigenvalue weighted by molar-refractivity contribution is -0.117. The molecule has 5 nitrogen and oxygen atoms in total. The number of benzene rings is 2. The van der Waals surface area contributed by atoms with E-state index in [1.165, 1.54) is 0 Å². The molecule has 2 aromatic carbocycles. The van der Waals surface area contributed by atoms with Crippen LogP contribution in [0.5, 0.6) is 0 Å². The summed E-state index contributed by atoms with van der Waals surface area (Å²) in [5.74, 6) is -0.0340. The molecular weight excluding hydrogens is 382 g/mol. The van der Waals surface area contributed by atoms with Gasteiger partial charge in [0, 0.05) is 36.8 Å². The second kappa shape index (κ2) is 10.3. The normalized spacial score (nSPS) is 11.0. The molecule has 0 aliphatic rings. The highest BCUT2D eigenvalue weighted by Crippen LogP contribution is 2.24. The minimum atomic E-state index is -0.0340. The zero-order valence-corrected chi connectivity index (χ0v) is 18.0. The van der Waals surface area contributed by atoms with Crippen LogP contribution in [0, 0.1) is 13.8 Å². The van der Waals surface area contributed by atoms with Crippen LogP contribution in [-0.2, 0) is 16.1 Å². The van der Waals surface area contributed by atoms with Gasteiger partial charge in [0.1, 0.15) is 5.01 Å². The fourth-order valence-corrected chi connectivity index (χ4v) is 3.85. The maximum atomic E-state index is 12.7. The van der Waals surface area contributed by atoms with Crippen LogP contribution >= 0.6 is 11.3 Å². The minimum Gasteiger partial charge on any atom is -0.383 e. The summed E-state index contributed by atoms with van der Waals surface area (Å²) < 4.78 is 5.23. The predicted molar refractivity (Wildman–Crippen MR) is 119 cm³/mol. The van der Waals surface area contributed by atoms with Gasteiger partial charge >= 0.3 is 0 Å². The van der Waals surface area contributed by atoms with Gasteiger partial charge in [0.05, 0.1) is 18.8 Å². The summed E-state index contributed by atoms with van der Waals surface area (Å²) in [6.45, 7) is 6.18. The van der Waals surface area contributed by atoms with E-state index in [0.29, 0.717) is 19.7 Å². The Kier molecular flexibility index (Phi) is 7.52. The Morgan fingerprint density at radius 2 is 1.93 bits per heavy atom. The van der Waals surface area contributed by atoms with Crippen molar-refractivity contribution in [2.45, 2.75) is 20.4 Å². The number of aryl methyl sites for hydroxylation is 1. The Balaban J connectivity index is 1.65. The third-order valence-electron chi connectivity index (χ3n) is 4.82. The third-order valence-corrected chi connectivity index (χ3v) is 5.76. The van der Waals surface area contributed by atoms with Gasteiger partial charge in [0.15, 0.2) is 0 Å². The topological polar surface area (TPSA) is 54.5 Å². The van der Waals surface area contributed by atoms with Crippen LogP contribution in [0.4, 0.5) is 5.69 Å². The van der Waals surface area contributed by atoms with Gasteiger partial charge in [-0.1, -0.05) is 42.5 Å². The van der Waals surface area contributed by atoms with Crippen LogP contribution in [0.15, 0.2) is 53.9 Å². The van der Waals surface area contributed by atoms with Crippen molar-refractivity contribution in [3.8, 4) is 10.6 Å². The number of hydrogen-bond donors (Lipinski definition) is 1. The Morgan fingerprint density at radius 1 is 1.14 bits per heavy atom. The molecule has 0 aliphatic carbocycles. The van der Waals surface area contributed by atoms with E-state index in [1.807, 2.05) is 50.2 Å². The molecule has 0 fully saturated rings. The number of methoxy groups -OCH3 is 1. The second-order valence-corrected chi connectivity index (χ2v) is 7.87. The summed E-state index contributed by atoms with van der Waals surface area (Å²) in [5, 5.41) is 6.09. The van der Waals surface area contributed by atoms with E-state index in [0.717, 1.165) is 33.1 Å². The number of thiazole rings is 1. The van der Waals surface area contributed by atoms with Crippen molar-refractivity contribution in [2.24, 2.45) is 0 Å². The first-order valence-corrected chi connectivity index (χ1v) is 10.5. The smallest absolute Gasteiger partial charge is 0.238 e. The van der Waals surface area contributed by atoms with E-state index in [4.69, 9.17) is 9.72 Å². The molecule has 0 atom stereocenters. The van der Waals surface area contributed by atoms with Crippen molar-refractivity contribution in [1.82, 2.24) is 9.88 Å². The number of ether oxygens (including phenoxy) is 1. The monoisotopic (exact) mass is 409 g/mol. The molecule has 0 saturated carbocycles. The lowest BCUT2D eigenvalue weighted by Gasteiger charge is -2.21. The summed E-state index contributed by atoms with van der Waals surface area (Å²) in [6.07, 6.45) is 0. The standard InChI is InChI=1S/C23H27N3O2S/c1-17-8-7-11-21(18(17)2)25-22(27)15-26(12-13-28-3)14-20-16-29-23(24-20)19-9-5-4-6-10-19/h4-11,16H,12-15H2,1-3H3,(H,25,27). The third kappa shape index (κ3) is 5.97. The average Bonchev–Trinajstić information content (AvgIpc) is 3.19. The van der Waals surface area contributed by atoms with Gasteiger partial charge < -0.3 is 10.1 Å². The summed E-state index contributed by atoms with van der Waals surface area (Å²) in [5.41, 5.74) is 5.19. The number of carbonyl (C=O) groups excluding carboxylic acids is 1. The first kappa shape index (κ1) is 21.2. The number of nitrogens with one attached hydrogen (secondary N) is 1. The van der Waals surface area contributed by atoms with Crippen molar-refractivity contribution in [2.75, 3.05) is 32.1 Å². The Labute approximate surface area is 176 Å². The molecular formula is C23H27N3O2S. The lowest BCUT2D eigenvalue weighted by Crippen LogP contribution is -2.35. The molecule has 1 aromatic heterocycles. The van der Waals surface area contributed by atoms with E-state index in [-0.39, 0.29) is 12.5 Å². The van der Waals surface area contributed by atoms with Crippen molar-refractivity contribution in [1.29, 1.82) is 0 Å². The summed E-state index contributed by atoms with van der Waals surface area (Å²) in [7, 11) is 1.67. The zero-order chi connectivity index (χ0) is 20.6. The molecule has 0 aliphatic heterocycles. The molecule has 0 bridgehead atoms. The van der Waals surface area contributed by atoms with Gasteiger partial charge in [-0.25, -0.2) is 4.98 Å². The first-order valence-electron chi connectivity index (χ1n) is 9.64. The fraction of sp³-hybridized carbons (Fsp3) is 0.304. The highest BCUT2D eigenvalue weighted by atomic mass is 32.1. The molecule has 0 unspecified atom stereocenters. The Morgan fingerprint density at radius 3 is 2.69 bits per heavy atom. The quantitative estimate of drug-likeness (QED) is 0.565. The van der Waals surface area contributed by atoms with E-state index in [2.05, 4.69) is 27.7 Å². The average molecular weight is 410 g/mol. The van der Waals surface area contributed by atoms with Crippen LogP contribution in [0.2, 0.25) is 0 Å². The first-order chi connectivity index (χ1) is 14.1. The van der Waals surface area contributed by atoms with Crippen LogP contribution in [0.1, 0.15) is 16.8 Å².